The highest BCUT2D eigenvalue weighted by Gasteiger charge is 1.95. The standard InChI is InChI=1S/C9H5O2/c10-8-5-6-11-9-4-2-1-3-7(8)9/h1,3-6H. The van der Waals surface area contributed by atoms with Crippen LogP contribution in [0.5, 0.6) is 0 Å². The number of rotatable bonds is 0. The minimum atomic E-state index is -0.0137. The fourth-order valence-corrected chi connectivity index (χ4v) is 0.975. The lowest BCUT2D eigenvalue weighted by Gasteiger charge is -1.91. The highest BCUT2D eigenvalue weighted by Crippen LogP contribution is 2.06. The van der Waals surface area contributed by atoms with Crippen molar-refractivity contribution in [2.24, 2.45) is 0 Å². The molecule has 0 saturated carbocycles. The summed E-state index contributed by atoms with van der Waals surface area (Å²) in [5.74, 6) is 0. The maximum absolute atomic E-state index is 11.1. The molecule has 0 atom stereocenters. The van der Waals surface area contributed by atoms with Gasteiger partial charge in [-0.1, -0.05) is 6.07 Å². The lowest BCUT2D eigenvalue weighted by atomic mass is 10.2. The summed E-state index contributed by atoms with van der Waals surface area (Å²) in [6, 6.07) is 9.27. The summed E-state index contributed by atoms with van der Waals surface area (Å²) in [7, 11) is 0. The Kier molecular flexibility index (Phi) is 1.25. The van der Waals surface area contributed by atoms with E-state index in [1.807, 2.05) is 0 Å². The van der Waals surface area contributed by atoms with Crippen molar-refractivity contribution in [1.82, 2.24) is 0 Å². The van der Waals surface area contributed by atoms with Crippen molar-refractivity contribution in [1.29, 1.82) is 0 Å². The predicted octanol–water partition coefficient (Wildman–Crippen LogP) is 1.59. The molecule has 2 rings (SSSR count). The molecule has 1 heterocycles. The molecule has 1 aromatic heterocycles. The predicted molar refractivity (Wildman–Crippen MR) is 41.3 cm³/mol. The Labute approximate surface area is 63.1 Å². The average molecular weight is 145 g/mol. The summed E-state index contributed by atoms with van der Waals surface area (Å²) < 4.78 is 5.06. The van der Waals surface area contributed by atoms with Crippen LogP contribution in [0.15, 0.2) is 39.7 Å². The molecule has 1 radical (unpaired) electrons. The Morgan fingerprint density at radius 3 is 3.09 bits per heavy atom. The first-order valence-corrected chi connectivity index (χ1v) is 3.25. The van der Waals surface area contributed by atoms with E-state index in [4.69, 9.17) is 4.42 Å². The maximum Gasteiger partial charge on any atom is 0.192 e. The van der Waals surface area contributed by atoms with Gasteiger partial charge in [0, 0.05) is 6.07 Å². The van der Waals surface area contributed by atoms with Crippen molar-refractivity contribution in [2.75, 3.05) is 0 Å². The molecule has 0 aliphatic rings. The van der Waals surface area contributed by atoms with Gasteiger partial charge in [0.25, 0.3) is 0 Å². The Hall–Kier alpha value is -1.57. The second kappa shape index (κ2) is 2.23. The molecule has 53 valence electrons. The first kappa shape index (κ1) is 6.16. The fraction of sp³-hybridized carbons (Fsp3) is 0. The van der Waals surface area contributed by atoms with Crippen molar-refractivity contribution in [2.45, 2.75) is 0 Å². The van der Waals surface area contributed by atoms with Gasteiger partial charge >= 0.3 is 0 Å². The first-order chi connectivity index (χ1) is 5.38. The minimum Gasteiger partial charge on any atom is -0.464 e. The second-order valence-electron chi connectivity index (χ2n) is 2.21. The first-order valence-electron chi connectivity index (χ1n) is 3.25. The molecule has 0 aliphatic heterocycles. The highest BCUT2D eigenvalue weighted by molar-refractivity contribution is 5.75. The molecule has 2 aromatic rings. The molecule has 0 amide bonds. The number of hydrogen-bond donors (Lipinski definition) is 0. The second-order valence-corrected chi connectivity index (χ2v) is 2.21. The average Bonchev–Trinajstić information content (AvgIpc) is 2.06. The zero-order chi connectivity index (χ0) is 7.68. The third-order valence-electron chi connectivity index (χ3n) is 1.51. The van der Waals surface area contributed by atoms with Crippen LogP contribution in [0.4, 0.5) is 0 Å². The normalized spacial score (nSPS) is 10.2. The molecule has 0 spiro atoms. The molecule has 0 unspecified atom stereocenters. The Bertz CT molecular complexity index is 423. The monoisotopic (exact) mass is 145 g/mol. The van der Waals surface area contributed by atoms with Crippen molar-refractivity contribution < 1.29 is 4.42 Å². The molecule has 0 N–H and O–H groups in total. The smallest absolute Gasteiger partial charge is 0.192 e. The quantitative estimate of drug-likeness (QED) is 0.563. The van der Waals surface area contributed by atoms with Crippen LogP contribution in [-0.4, -0.2) is 0 Å². The fourth-order valence-electron chi connectivity index (χ4n) is 0.975. The molecule has 1 aromatic carbocycles. The molecule has 0 saturated heterocycles. The molecular weight excluding hydrogens is 140 g/mol. The van der Waals surface area contributed by atoms with Crippen LogP contribution >= 0.6 is 0 Å². The molecule has 2 heteroatoms. The van der Waals surface area contributed by atoms with Gasteiger partial charge in [-0.2, -0.15) is 0 Å². The summed E-state index contributed by atoms with van der Waals surface area (Å²) in [6.07, 6.45) is 1.39. The van der Waals surface area contributed by atoms with E-state index in [0.29, 0.717) is 11.0 Å². The minimum absolute atomic E-state index is 0.0137. The van der Waals surface area contributed by atoms with Gasteiger partial charge in [0.05, 0.1) is 11.6 Å². The molecular formula is C9H5O2. The molecule has 11 heavy (non-hydrogen) atoms. The van der Waals surface area contributed by atoms with Crippen molar-refractivity contribution in [3.05, 3.63) is 46.8 Å². The largest absolute Gasteiger partial charge is 0.464 e. The summed E-state index contributed by atoms with van der Waals surface area (Å²) >= 11 is 0. The molecule has 0 bridgehead atoms. The summed E-state index contributed by atoms with van der Waals surface area (Å²) in [5.41, 5.74) is 0.570. The molecule has 0 aliphatic carbocycles. The van der Waals surface area contributed by atoms with Crippen LogP contribution in [0, 0.1) is 6.07 Å². The lowest BCUT2D eigenvalue weighted by molar-refractivity contribution is 0.602. The van der Waals surface area contributed by atoms with Crippen LogP contribution in [0.2, 0.25) is 0 Å². The van der Waals surface area contributed by atoms with Gasteiger partial charge in [-0.3, -0.25) is 4.79 Å². The van der Waals surface area contributed by atoms with Gasteiger partial charge < -0.3 is 4.42 Å². The molecule has 0 fully saturated rings. The van der Waals surface area contributed by atoms with Crippen LogP contribution in [0.25, 0.3) is 11.0 Å². The van der Waals surface area contributed by atoms with Crippen LogP contribution in [0.1, 0.15) is 0 Å². The van der Waals surface area contributed by atoms with E-state index in [-0.39, 0.29) is 5.43 Å². The number of hydrogen-bond acceptors (Lipinski definition) is 2. The highest BCUT2D eigenvalue weighted by atomic mass is 16.3. The summed E-state index contributed by atoms with van der Waals surface area (Å²) in [4.78, 5) is 11.1. The zero-order valence-corrected chi connectivity index (χ0v) is 5.70. The third-order valence-corrected chi connectivity index (χ3v) is 1.51. The summed E-state index contributed by atoms with van der Waals surface area (Å²) in [6.45, 7) is 0. The Morgan fingerprint density at radius 2 is 2.27 bits per heavy atom. The van der Waals surface area contributed by atoms with E-state index in [0.717, 1.165) is 0 Å². The topological polar surface area (TPSA) is 30.2 Å². The van der Waals surface area contributed by atoms with E-state index < -0.39 is 0 Å². The molecule has 2 nitrogen and oxygen atoms in total. The Morgan fingerprint density at radius 1 is 1.36 bits per heavy atom. The lowest BCUT2D eigenvalue weighted by Crippen LogP contribution is -1.96. The van der Waals surface area contributed by atoms with Crippen molar-refractivity contribution in [3.8, 4) is 0 Å². The summed E-state index contributed by atoms with van der Waals surface area (Å²) in [5, 5.41) is 0.603. The van der Waals surface area contributed by atoms with Crippen LogP contribution in [0.3, 0.4) is 0 Å². The van der Waals surface area contributed by atoms with Gasteiger partial charge in [0.1, 0.15) is 5.58 Å². The van der Waals surface area contributed by atoms with E-state index in [1.54, 1.807) is 18.2 Å². The van der Waals surface area contributed by atoms with Gasteiger partial charge in [-0.05, 0) is 18.2 Å². The van der Waals surface area contributed by atoms with E-state index >= 15 is 0 Å². The SMILES string of the molecule is O=c1ccoc2c[c]ccc12. The van der Waals surface area contributed by atoms with Crippen LogP contribution < -0.4 is 5.43 Å². The van der Waals surface area contributed by atoms with Gasteiger partial charge in [-0.15, -0.1) is 0 Å². The van der Waals surface area contributed by atoms with E-state index in [1.165, 1.54) is 12.3 Å². The van der Waals surface area contributed by atoms with Gasteiger partial charge in [0.15, 0.2) is 5.43 Å². The van der Waals surface area contributed by atoms with E-state index in [9.17, 15) is 4.79 Å². The Balaban J connectivity index is 3.03. The van der Waals surface area contributed by atoms with Gasteiger partial charge in [-0.25, -0.2) is 0 Å². The van der Waals surface area contributed by atoms with Gasteiger partial charge in [0.2, 0.25) is 0 Å². The maximum atomic E-state index is 11.1. The zero-order valence-electron chi connectivity index (χ0n) is 5.70. The van der Waals surface area contributed by atoms with Crippen molar-refractivity contribution >= 4 is 11.0 Å². The third kappa shape index (κ3) is 0.923. The van der Waals surface area contributed by atoms with E-state index in [2.05, 4.69) is 6.07 Å². The van der Waals surface area contributed by atoms with Crippen molar-refractivity contribution in [3.63, 3.8) is 0 Å². The number of benzene rings is 1. The number of fused-ring (bicyclic) bond motifs is 1. The van der Waals surface area contributed by atoms with Crippen LogP contribution in [-0.2, 0) is 0 Å².